The summed E-state index contributed by atoms with van der Waals surface area (Å²) in [6.07, 6.45) is 2.73. The summed E-state index contributed by atoms with van der Waals surface area (Å²) >= 11 is 0. The molecule has 0 saturated carbocycles. The molecule has 1 heterocycles. The fourth-order valence-electron chi connectivity index (χ4n) is 1.60. The van der Waals surface area contributed by atoms with Gasteiger partial charge in [-0.1, -0.05) is 6.92 Å². The van der Waals surface area contributed by atoms with Gasteiger partial charge in [0.15, 0.2) is 0 Å². The quantitative estimate of drug-likeness (QED) is 0.760. The van der Waals surface area contributed by atoms with Crippen molar-refractivity contribution in [2.24, 2.45) is 0 Å². The van der Waals surface area contributed by atoms with E-state index < -0.39 is 0 Å². The lowest BCUT2D eigenvalue weighted by molar-refractivity contribution is -0.0187. The third-order valence-corrected chi connectivity index (χ3v) is 2.59. The van der Waals surface area contributed by atoms with Crippen LogP contribution in [0.5, 0.6) is 0 Å². The summed E-state index contributed by atoms with van der Waals surface area (Å²) in [6.45, 7) is 11.3. The number of nitrogens with one attached hydrogen (secondary N) is 1. The van der Waals surface area contributed by atoms with E-state index in [0.717, 1.165) is 32.6 Å². The van der Waals surface area contributed by atoms with Crippen molar-refractivity contribution in [1.82, 2.24) is 5.32 Å². The zero-order valence-electron chi connectivity index (χ0n) is 10.5. The van der Waals surface area contributed by atoms with Crippen molar-refractivity contribution in [3.05, 3.63) is 0 Å². The second kappa shape index (κ2) is 5.83. The molecular formula is C12H25NO2. The highest BCUT2D eigenvalue weighted by Crippen LogP contribution is 2.12. The summed E-state index contributed by atoms with van der Waals surface area (Å²) < 4.78 is 11.3. The third-order valence-electron chi connectivity index (χ3n) is 2.59. The van der Waals surface area contributed by atoms with E-state index in [1.165, 1.54) is 0 Å². The molecule has 0 aromatic carbocycles. The van der Waals surface area contributed by atoms with Crippen molar-refractivity contribution in [2.75, 3.05) is 19.8 Å². The maximum Gasteiger partial charge on any atom is 0.0834 e. The standard InChI is InChI=1S/C12H25NO2/c1-5-10(8-13-12(2,3)4)15-11-6-7-14-9-11/h10-11,13H,5-9H2,1-4H3. The largest absolute Gasteiger partial charge is 0.379 e. The zero-order chi connectivity index (χ0) is 11.3. The van der Waals surface area contributed by atoms with Gasteiger partial charge < -0.3 is 14.8 Å². The molecule has 1 N–H and O–H groups in total. The van der Waals surface area contributed by atoms with Crippen molar-refractivity contribution in [3.63, 3.8) is 0 Å². The number of hydrogen-bond donors (Lipinski definition) is 1. The van der Waals surface area contributed by atoms with Gasteiger partial charge in [-0.15, -0.1) is 0 Å². The van der Waals surface area contributed by atoms with Crippen LogP contribution in [0.3, 0.4) is 0 Å². The molecule has 90 valence electrons. The van der Waals surface area contributed by atoms with Crippen molar-refractivity contribution in [3.8, 4) is 0 Å². The molecule has 1 saturated heterocycles. The van der Waals surface area contributed by atoms with Gasteiger partial charge in [0.2, 0.25) is 0 Å². The highest BCUT2D eigenvalue weighted by molar-refractivity contribution is 4.74. The summed E-state index contributed by atoms with van der Waals surface area (Å²) in [5, 5.41) is 3.48. The maximum absolute atomic E-state index is 5.97. The van der Waals surface area contributed by atoms with E-state index in [-0.39, 0.29) is 5.54 Å². The van der Waals surface area contributed by atoms with Crippen LogP contribution < -0.4 is 5.32 Å². The Labute approximate surface area is 93.5 Å². The molecular weight excluding hydrogens is 190 g/mol. The van der Waals surface area contributed by atoms with Gasteiger partial charge in [0, 0.05) is 18.7 Å². The van der Waals surface area contributed by atoms with Crippen LogP contribution in [0, 0.1) is 0 Å². The average Bonchev–Trinajstić information content (AvgIpc) is 2.63. The molecule has 0 aromatic heterocycles. The molecule has 1 aliphatic rings. The monoisotopic (exact) mass is 215 g/mol. The summed E-state index contributed by atoms with van der Waals surface area (Å²) in [5.41, 5.74) is 0.170. The van der Waals surface area contributed by atoms with Gasteiger partial charge in [0.25, 0.3) is 0 Å². The molecule has 1 fully saturated rings. The van der Waals surface area contributed by atoms with E-state index in [9.17, 15) is 0 Å². The van der Waals surface area contributed by atoms with Gasteiger partial charge in [0.05, 0.1) is 18.8 Å². The highest BCUT2D eigenvalue weighted by Gasteiger charge is 2.21. The Bertz CT molecular complexity index is 171. The van der Waals surface area contributed by atoms with Crippen LogP contribution in [0.15, 0.2) is 0 Å². The first-order valence-electron chi connectivity index (χ1n) is 5.99. The highest BCUT2D eigenvalue weighted by atomic mass is 16.5. The van der Waals surface area contributed by atoms with Crippen LogP contribution in [0.2, 0.25) is 0 Å². The van der Waals surface area contributed by atoms with Gasteiger partial charge in [0.1, 0.15) is 0 Å². The predicted octanol–water partition coefficient (Wildman–Crippen LogP) is 1.96. The lowest BCUT2D eigenvalue weighted by Gasteiger charge is -2.26. The third kappa shape index (κ3) is 5.50. The molecule has 3 heteroatoms. The number of rotatable bonds is 5. The van der Waals surface area contributed by atoms with Crippen LogP contribution in [0.25, 0.3) is 0 Å². The van der Waals surface area contributed by atoms with Crippen LogP contribution in [0.1, 0.15) is 40.5 Å². The van der Waals surface area contributed by atoms with E-state index in [2.05, 4.69) is 33.0 Å². The minimum atomic E-state index is 0.170. The molecule has 0 radical (unpaired) electrons. The predicted molar refractivity (Wildman–Crippen MR) is 62.1 cm³/mol. The Kier molecular flexibility index (Phi) is 5.03. The summed E-state index contributed by atoms with van der Waals surface area (Å²) in [5.74, 6) is 0. The summed E-state index contributed by atoms with van der Waals surface area (Å²) in [4.78, 5) is 0. The van der Waals surface area contributed by atoms with Crippen molar-refractivity contribution < 1.29 is 9.47 Å². The smallest absolute Gasteiger partial charge is 0.0834 e. The normalized spacial score (nSPS) is 24.4. The molecule has 15 heavy (non-hydrogen) atoms. The Balaban J connectivity index is 2.22. The molecule has 2 atom stereocenters. The Morgan fingerprint density at radius 2 is 2.20 bits per heavy atom. The van der Waals surface area contributed by atoms with Gasteiger partial charge in [-0.2, -0.15) is 0 Å². The molecule has 0 amide bonds. The van der Waals surface area contributed by atoms with Gasteiger partial charge in [-0.3, -0.25) is 0 Å². The molecule has 0 aromatic rings. The van der Waals surface area contributed by atoms with Crippen LogP contribution >= 0.6 is 0 Å². The molecule has 1 aliphatic heterocycles. The molecule has 1 rings (SSSR count). The van der Waals surface area contributed by atoms with Gasteiger partial charge >= 0.3 is 0 Å². The van der Waals surface area contributed by atoms with E-state index >= 15 is 0 Å². The average molecular weight is 215 g/mol. The van der Waals surface area contributed by atoms with Crippen LogP contribution in [0.4, 0.5) is 0 Å². The summed E-state index contributed by atoms with van der Waals surface area (Å²) in [7, 11) is 0. The van der Waals surface area contributed by atoms with Gasteiger partial charge in [-0.05, 0) is 33.6 Å². The van der Waals surface area contributed by atoms with Crippen LogP contribution in [-0.4, -0.2) is 37.5 Å². The topological polar surface area (TPSA) is 30.5 Å². The Hall–Kier alpha value is -0.120. The number of ether oxygens (including phenoxy) is 2. The van der Waals surface area contributed by atoms with E-state index in [4.69, 9.17) is 9.47 Å². The second-order valence-electron chi connectivity index (χ2n) is 5.28. The lowest BCUT2D eigenvalue weighted by Crippen LogP contribution is -2.42. The Morgan fingerprint density at radius 1 is 1.47 bits per heavy atom. The van der Waals surface area contributed by atoms with Crippen LogP contribution in [-0.2, 0) is 9.47 Å². The van der Waals surface area contributed by atoms with Crippen molar-refractivity contribution >= 4 is 0 Å². The molecule has 0 spiro atoms. The number of hydrogen-bond acceptors (Lipinski definition) is 3. The van der Waals surface area contributed by atoms with Gasteiger partial charge in [-0.25, -0.2) is 0 Å². The second-order valence-corrected chi connectivity index (χ2v) is 5.28. The van der Waals surface area contributed by atoms with E-state index in [1.54, 1.807) is 0 Å². The molecule has 0 aliphatic carbocycles. The Morgan fingerprint density at radius 3 is 2.67 bits per heavy atom. The lowest BCUT2D eigenvalue weighted by atomic mass is 10.1. The molecule has 2 unspecified atom stereocenters. The SMILES string of the molecule is CCC(CNC(C)(C)C)OC1CCOC1. The van der Waals surface area contributed by atoms with Crippen molar-refractivity contribution in [1.29, 1.82) is 0 Å². The zero-order valence-corrected chi connectivity index (χ0v) is 10.5. The first-order chi connectivity index (χ1) is 7.01. The molecule has 3 nitrogen and oxygen atoms in total. The molecule has 0 bridgehead atoms. The van der Waals surface area contributed by atoms with E-state index in [1.807, 2.05) is 0 Å². The minimum Gasteiger partial charge on any atom is -0.379 e. The fraction of sp³-hybridized carbons (Fsp3) is 1.00. The van der Waals surface area contributed by atoms with E-state index in [0.29, 0.717) is 12.2 Å². The fourth-order valence-corrected chi connectivity index (χ4v) is 1.60. The van der Waals surface area contributed by atoms with Crippen molar-refractivity contribution in [2.45, 2.75) is 58.3 Å². The first-order valence-corrected chi connectivity index (χ1v) is 5.99. The minimum absolute atomic E-state index is 0.170. The first kappa shape index (κ1) is 12.9. The summed E-state index contributed by atoms with van der Waals surface area (Å²) in [6, 6.07) is 0. The maximum atomic E-state index is 5.97.